The lowest BCUT2D eigenvalue weighted by Crippen LogP contribution is -2.29. The van der Waals surface area contributed by atoms with Crippen molar-refractivity contribution in [1.82, 2.24) is 0 Å². The van der Waals surface area contributed by atoms with Crippen LogP contribution in [-0.4, -0.2) is 6.04 Å². The van der Waals surface area contributed by atoms with E-state index in [1.54, 1.807) is 0 Å². The summed E-state index contributed by atoms with van der Waals surface area (Å²) in [7, 11) is 0. The second-order valence-corrected chi connectivity index (χ2v) is 3.73. The number of allylic oxidation sites excluding steroid dienone is 1. The van der Waals surface area contributed by atoms with Gasteiger partial charge in [-0.3, -0.25) is 0 Å². The molecule has 0 bridgehead atoms. The van der Waals surface area contributed by atoms with Crippen LogP contribution < -0.4 is 5.73 Å². The fourth-order valence-electron chi connectivity index (χ4n) is 1.54. The van der Waals surface area contributed by atoms with Gasteiger partial charge in [0.2, 0.25) is 0 Å². The number of hydrogen-bond donors (Lipinski definition) is 1. The Bertz CT molecular complexity index is 127. The van der Waals surface area contributed by atoms with E-state index < -0.39 is 0 Å². The van der Waals surface area contributed by atoms with Crippen LogP contribution >= 0.6 is 0 Å². The summed E-state index contributed by atoms with van der Waals surface area (Å²) in [4.78, 5) is 0. The van der Waals surface area contributed by atoms with Crippen molar-refractivity contribution in [2.24, 2.45) is 17.6 Å². The third-order valence-electron chi connectivity index (χ3n) is 2.75. The fraction of sp³-hybridized carbons (Fsp3) is 0.800. The molecule has 0 amide bonds. The SMILES string of the molecule is C=CCCC(N)C(C)C1CC1. The molecule has 0 aromatic rings. The summed E-state index contributed by atoms with van der Waals surface area (Å²) in [5, 5.41) is 0. The molecule has 2 unspecified atom stereocenters. The first kappa shape index (κ1) is 8.79. The highest BCUT2D eigenvalue weighted by atomic mass is 14.7. The predicted molar refractivity (Wildman–Crippen MR) is 49.3 cm³/mol. The highest BCUT2D eigenvalue weighted by Gasteiger charge is 2.30. The molecular formula is C10H19N. The van der Waals surface area contributed by atoms with Gasteiger partial charge in [0.15, 0.2) is 0 Å². The summed E-state index contributed by atoms with van der Waals surface area (Å²) in [6.45, 7) is 5.98. The summed E-state index contributed by atoms with van der Waals surface area (Å²) in [6.07, 6.45) is 6.95. The van der Waals surface area contributed by atoms with Crippen LogP contribution in [0.1, 0.15) is 32.6 Å². The number of nitrogens with two attached hydrogens (primary N) is 1. The molecule has 11 heavy (non-hydrogen) atoms. The Balaban J connectivity index is 2.15. The zero-order valence-corrected chi connectivity index (χ0v) is 7.42. The van der Waals surface area contributed by atoms with E-state index in [0.717, 1.165) is 24.7 Å². The van der Waals surface area contributed by atoms with Gasteiger partial charge in [0.05, 0.1) is 0 Å². The summed E-state index contributed by atoms with van der Waals surface area (Å²) in [6, 6.07) is 0.403. The van der Waals surface area contributed by atoms with E-state index in [-0.39, 0.29) is 0 Å². The maximum atomic E-state index is 6.00. The van der Waals surface area contributed by atoms with Crippen molar-refractivity contribution >= 4 is 0 Å². The smallest absolute Gasteiger partial charge is 0.00701 e. The van der Waals surface area contributed by atoms with Gasteiger partial charge in [-0.15, -0.1) is 6.58 Å². The zero-order valence-electron chi connectivity index (χ0n) is 7.42. The first-order valence-corrected chi connectivity index (χ1v) is 4.62. The lowest BCUT2D eigenvalue weighted by atomic mass is 9.94. The molecule has 1 heteroatoms. The maximum Gasteiger partial charge on any atom is 0.00701 e. The molecule has 1 fully saturated rings. The second-order valence-electron chi connectivity index (χ2n) is 3.73. The summed E-state index contributed by atoms with van der Waals surface area (Å²) in [5.74, 6) is 1.67. The molecule has 0 saturated heterocycles. The molecule has 0 radical (unpaired) electrons. The Morgan fingerprint density at radius 2 is 2.27 bits per heavy atom. The van der Waals surface area contributed by atoms with E-state index in [1.165, 1.54) is 12.8 Å². The van der Waals surface area contributed by atoms with Crippen molar-refractivity contribution in [3.63, 3.8) is 0 Å². The van der Waals surface area contributed by atoms with Gasteiger partial charge in [0, 0.05) is 6.04 Å². The molecule has 64 valence electrons. The first-order chi connectivity index (χ1) is 5.25. The molecule has 1 saturated carbocycles. The van der Waals surface area contributed by atoms with Crippen LogP contribution in [0.3, 0.4) is 0 Å². The summed E-state index contributed by atoms with van der Waals surface area (Å²) < 4.78 is 0. The average molecular weight is 153 g/mol. The van der Waals surface area contributed by atoms with Gasteiger partial charge in [-0.25, -0.2) is 0 Å². The van der Waals surface area contributed by atoms with Crippen molar-refractivity contribution in [3.8, 4) is 0 Å². The molecule has 2 N–H and O–H groups in total. The van der Waals surface area contributed by atoms with Gasteiger partial charge >= 0.3 is 0 Å². The van der Waals surface area contributed by atoms with Gasteiger partial charge in [-0.2, -0.15) is 0 Å². The van der Waals surface area contributed by atoms with Crippen molar-refractivity contribution in [3.05, 3.63) is 12.7 Å². The highest BCUT2D eigenvalue weighted by molar-refractivity contribution is 4.85. The zero-order chi connectivity index (χ0) is 8.27. The van der Waals surface area contributed by atoms with Crippen LogP contribution in [-0.2, 0) is 0 Å². The van der Waals surface area contributed by atoms with E-state index in [9.17, 15) is 0 Å². The van der Waals surface area contributed by atoms with Crippen LogP contribution in [0.15, 0.2) is 12.7 Å². The molecule has 1 aliphatic carbocycles. The van der Waals surface area contributed by atoms with E-state index >= 15 is 0 Å². The van der Waals surface area contributed by atoms with Crippen LogP contribution in [0.25, 0.3) is 0 Å². The normalized spacial score (nSPS) is 22.7. The Kier molecular flexibility index (Phi) is 3.13. The monoisotopic (exact) mass is 153 g/mol. The van der Waals surface area contributed by atoms with E-state index in [0.29, 0.717) is 6.04 Å². The topological polar surface area (TPSA) is 26.0 Å². The van der Waals surface area contributed by atoms with E-state index in [1.807, 2.05) is 6.08 Å². The average Bonchev–Trinajstić information content (AvgIpc) is 2.81. The van der Waals surface area contributed by atoms with Gasteiger partial charge < -0.3 is 5.73 Å². The Morgan fingerprint density at radius 3 is 2.73 bits per heavy atom. The van der Waals surface area contributed by atoms with Gasteiger partial charge in [-0.05, 0) is 37.5 Å². The lowest BCUT2D eigenvalue weighted by molar-refractivity contribution is 0.390. The quantitative estimate of drug-likeness (QED) is 0.603. The van der Waals surface area contributed by atoms with Crippen LogP contribution in [0.2, 0.25) is 0 Å². The van der Waals surface area contributed by atoms with Crippen LogP contribution in [0.4, 0.5) is 0 Å². The van der Waals surface area contributed by atoms with Crippen molar-refractivity contribution in [2.75, 3.05) is 0 Å². The van der Waals surface area contributed by atoms with Gasteiger partial charge in [-0.1, -0.05) is 13.0 Å². The molecule has 1 aliphatic rings. The van der Waals surface area contributed by atoms with Crippen molar-refractivity contribution in [1.29, 1.82) is 0 Å². The minimum Gasteiger partial charge on any atom is -0.327 e. The molecule has 0 heterocycles. The fourth-order valence-corrected chi connectivity index (χ4v) is 1.54. The van der Waals surface area contributed by atoms with Crippen molar-refractivity contribution in [2.45, 2.75) is 38.6 Å². The molecule has 1 rings (SSSR count). The molecule has 0 aromatic heterocycles. The maximum absolute atomic E-state index is 6.00. The molecule has 1 nitrogen and oxygen atoms in total. The largest absolute Gasteiger partial charge is 0.327 e. The molecule has 2 atom stereocenters. The summed E-state index contributed by atoms with van der Waals surface area (Å²) in [5.41, 5.74) is 6.00. The third-order valence-corrected chi connectivity index (χ3v) is 2.75. The van der Waals surface area contributed by atoms with Crippen molar-refractivity contribution < 1.29 is 0 Å². The molecular weight excluding hydrogens is 134 g/mol. The summed E-state index contributed by atoms with van der Waals surface area (Å²) >= 11 is 0. The highest BCUT2D eigenvalue weighted by Crippen LogP contribution is 2.38. The molecule has 0 spiro atoms. The Hall–Kier alpha value is -0.300. The van der Waals surface area contributed by atoms with E-state index in [2.05, 4.69) is 13.5 Å². The van der Waals surface area contributed by atoms with Crippen LogP contribution in [0, 0.1) is 11.8 Å². The van der Waals surface area contributed by atoms with Gasteiger partial charge in [0.1, 0.15) is 0 Å². The first-order valence-electron chi connectivity index (χ1n) is 4.62. The Morgan fingerprint density at radius 1 is 1.64 bits per heavy atom. The number of hydrogen-bond acceptors (Lipinski definition) is 1. The molecule has 0 aliphatic heterocycles. The van der Waals surface area contributed by atoms with Gasteiger partial charge in [0.25, 0.3) is 0 Å². The second kappa shape index (κ2) is 3.91. The van der Waals surface area contributed by atoms with Crippen LogP contribution in [0.5, 0.6) is 0 Å². The standard InChI is InChI=1S/C10H19N/c1-3-4-5-10(11)8(2)9-6-7-9/h3,8-10H,1,4-7,11H2,2H3. The molecule has 0 aromatic carbocycles. The number of rotatable bonds is 5. The minimum absolute atomic E-state index is 0.403. The van der Waals surface area contributed by atoms with E-state index in [4.69, 9.17) is 5.73 Å². The third kappa shape index (κ3) is 2.66. The lowest BCUT2D eigenvalue weighted by Gasteiger charge is -2.18. The Labute approximate surface area is 69.7 Å². The minimum atomic E-state index is 0.403. The predicted octanol–water partition coefficient (Wildman–Crippen LogP) is 2.33.